The van der Waals surface area contributed by atoms with E-state index in [-0.39, 0.29) is 12.5 Å². The van der Waals surface area contributed by atoms with Crippen molar-refractivity contribution in [3.05, 3.63) is 24.3 Å². The quantitative estimate of drug-likeness (QED) is 0.913. The van der Waals surface area contributed by atoms with Gasteiger partial charge in [-0.3, -0.25) is 4.79 Å². The largest absolute Gasteiger partial charge is 0.352 e. The summed E-state index contributed by atoms with van der Waals surface area (Å²) in [7, 11) is 0. The third-order valence-electron chi connectivity index (χ3n) is 5.82. The van der Waals surface area contributed by atoms with Gasteiger partial charge in [0.05, 0.1) is 5.52 Å². The van der Waals surface area contributed by atoms with Crippen molar-refractivity contribution in [2.24, 2.45) is 11.3 Å². The zero-order valence-electron chi connectivity index (χ0n) is 15.0. The van der Waals surface area contributed by atoms with E-state index in [0.29, 0.717) is 11.5 Å². The minimum absolute atomic E-state index is 0.0313. The van der Waals surface area contributed by atoms with Gasteiger partial charge in [0.25, 0.3) is 0 Å². The Balaban J connectivity index is 1.53. The van der Waals surface area contributed by atoms with Gasteiger partial charge < -0.3 is 5.32 Å². The molecule has 3 rings (SSSR count). The van der Waals surface area contributed by atoms with Crippen LogP contribution in [0.3, 0.4) is 0 Å². The SMILES string of the molecule is CCC(C)(C)C1CCC(NC(=O)Cn2nnc3ccccc32)CC1. The number of fused-ring (bicyclic) bond motifs is 1. The van der Waals surface area contributed by atoms with Crippen molar-refractivity contribution in [1.29, 1.82) is 0 Å². The molecule has 24 heavy (non-hydrogen) atoms. The van der Waals surface area contributed by atoms with E-state index < -0.39 is 0 Å². The summed E-state index contributed by atoms with van der Waals surface area (Å²) in [6.07, 6.45) is 5.79. The molecule has 1 N–H and O–H groups in total. The van der Waals surface area contributed by atoms with E-state index >= 15 is 0 Å². The highest BCUT2D eigenvalue weighted by molar-refractivity contribution is 5.79. The lowest BCUT2D eigenvalue weighted by molar-refractivity contribution is -0.122. The first-order valence-electron chi connectivity index (χ1n) is 9.07. The Bertz CT molecular complexity index is 698. The standard InChI is InChI=1S/C19H28N4O/c1-4-19(2,3)14-9-11-15(12-10-14)20-18(24)13-23-17-8-6-5-7-16(17)21-22-23/h5-8,14-15H,4,9-13H2,1-3H3,(H,20,24). The van der Waals surface area contributed by atoms with E-state index in [0.717, 1.165) is 29.8 Å². The normalized spacial score (nSPS) is 21.8. The minimum atomic E-state index is 0.0313. The van der Waals surface area contributed by atoms with Crippen LogP contribution >= 0.6 is 0 Å². The summed E-state index contributed by atoms with van der Waals surface area (Å²) >= 11 is 0. The number of nitrogens with one attached hydrogen (secondary N) is 1. The molecule has 0 saturated heterocycles. The van der Waals surface area contributed by atoms with Gasteiger partial charge >= 0.3 is 0 Å². The molecule has 130 valence electrons. The molecule has 1 aromatic heterocycles. The molecule has 0 aliphatic heterocycles. The fourth-order valence-corrected chi connectivity index (χ4v) is 3.75. The Labute approximate surface area is 143 Å². The zero-order chi connectivity index (χ0) is 17.2. The third kappa shape index (κ3) is 3.60. The molecule has 5 nitrogen and oxygen atoms in total. The summed E-state index contributed by atoms with van der Waals surface area (Å²) in [5, 5.41) is 11.4. The molecule has 1 aliphatic carbocycles. The van der Waals surface area contributed by atoms with Crippen LogP contribution in [0.25, 0.3) is 11.0 Å². The lowest BCUT2D eigenvalue weighted by Crippen LogP contribution is -2.41. The first-order chi connectivity index (χ1) is 11.5. The molecular formula is C19H28N4O. The number of hydrogen-bond acceptors (Lipinski definition) is 3. The van der Waals surface area contributed by atoms with Crippen LogP contribution in [0.15, 0.2) is 24.3 Å². The molecule has 1 saturated carbocycles. The topological polar surface area (TPSA) is 59.8 Å². The molecule has 0 atom stereocenters. The van der Waals surface area contributed by atoms with Crippen LogP contribution in [0, 0.1) is 11.3 Å². The molecule has 0 spiro atoms. The second-order valence-electron chi connectivity index (χ2n) is 7.69. The number of carbonyl (C=O) groups excluding carboxylic acids is 1. The van der Waals surface area contributed by atoms with E-state index in [9.17, 15) is 4.79 Å². The van der Waals surface area contributed by atoms with Gasteiger partial charge in [0.15, 0.2) is 0 Å². The number of benzene rings is 1. The molecule has 0 radical (unpaired) electrons. The van der Waals surface area contributed by atoms with Crippen molar-refractivity contribution < 1.29 is 4.79 Å². The number of para-hydroxylation sites is 1. The average molecular weight is 328 g/mol. The molecule has 5 heteroatoms. The zero-order valence-corrected chi connectivity index (χ0v) is 15.0. The summed E-state index contributed by atoms with van der Waals surface area (Å²) < 4.78 is 1.68. The van der Waals surface area contributed by atoms with Gasteiger partial charge in [-0.1, -0.05) is 44.5 Å². The summed E-state index contributed by atoms with van der Waals surface area (Å²) in [5.41, 5.74) is 2.14. The Morgan fingerprint density at radius 3 is 2.67 bits per heavy atom. The van der Waals surface area contributed by atoms with Crippen LogP contribution < -0.4 is 5.32 Å². The fourth-order valence-electron chi connectivity index (χ4n) is 3.75. The lowest BCUT2D eigenvalue weighted by atomic mass is 9.69. The molecule has 1 aromatic carbocycles. The number of rotatable bonds is 5. The van der Waals surface area contributed by atoms with Crippen LogP contribution in [0.5, 0.6) is 0 Å². The Morgan fingerprint density at radius 2 is 1.96 bits per heavy atom. The Morgan fingerprint density at radius 1 is 1.25 bits per heavy atom. The maximum atomic E-state index is 12.4. The fraction of sp³-hybridized carbons (Fsp3) is 0.632. The third-order valence-corrected chi connectivity index (χ3v) is 5.82. The van der Waals surface area contributed by atoms with Gasteiger partial charge in [-0.15, -0.1) is 5.10 Å². The predicted octanol–water partition coefficient (Wildman–Crippen LogP) is 3.54. The first kappa shape index (κ1) is 16.9. The number of aromatic nitrogens is 3. The highest BCUT2D eigenvalue weighted by Gasteiger charge is 2.32. The van der Waals surface area contributed by atoms with Crippen LogP contribution in [-0.4, -0.2) is 26.9 Å². The van der Waals surface area contributed by atoms with Crippen molar-refractivity contribution in [3.8, 4) is 0 Å². The molecule has 0 unspecified atom stereocenters. The average Bonchev–Trinajstić information content (AvgIpc) is 2.98. The van der Waals surface area contributed by atoms with Crippen molar-refractivity contribution >= 4 is 16.9 Å². The summed E-state index contributed by atoms with van der Waals surface area (Å²) in [6.45, 7) is 7.25. The maximum Gasteiger partial charge on any atom is 0.242 e. The molecule has 1 amide bonds. The Hall–Kier alpha value is -1.91. The van der Waals surface area contributed by atoms with E-state index in [1.807, 2.05) is 24.3 Å². The smallest absolute Gasteiger partial charge is 0.242 e. The van der Waals surface area contributed by atoms with Gasteiger partial charge in [-0.2, -0.15) is 0 Å². The van der Waals surface area contributed by atoms with E-state index in [2.05, 4.69) is 36.4 Å². The van der Waals surface area contributed by atoms with Gasteiger partial charge in [0, 0.05) is 6.04 Å². The molecule has 1 fully saturated rings. The van der Waals surface area contributed by atoms with Crippen molar-refractivity contribution in [2.45, 2.75) is 65.5 Å². The molecule has 0 bridgehead atoms. The minimum Gasteiger partial charge on any atom is -0.352 e. The van der Waals surface area contributed by atoms with Gasteiger partial charge in [-0.25, -0.2) is 4.68 Å². The Kier molecular flexibility index (Phi) is 4.88. The van der Waals surface area contributed by atoms with Crippen molar-refractivity contribution in [1.82, 2.24) is 20.3 Å². The summed E-state index contributed by atoms with van der Waals surface area (Å²) in [6, 6.07) is 8.03. The second kappa shape index (κ2) is 6.91. The van der Waals surface area contributed by atoms with Crippen molar-refractivity contribution in [2.75, 3.05) is 0 Å². The molecule has 1 heterocycles. The van der Waals surface area contributed by atoms with E-state index in [4.69, 9.17) is 0 Å². The molecule has 2 aromatic rings. The van der Waals surface area contributed by atoms with Crippen LogP contribution in [0.4, 0.5) is 0 Å². The summed E-state index contributed by atoms with van der Waals surface area (Å²) in [5.74, 6) is 0.804. The predicted molar refractivity (Wildman–Crippen MR) is 95.5 cm³/mol. The van der Waals surface area contributed by atoms with E-state index in [1.165, 1.54) is 19.3 Å². The van der Waals surface area contributed by atoms with E-state index in [1.54, 1.807) is 4.68 Å². The lowest BCUT2D eigenvalue weighted by Gasteiger charge is -2.39. The molecule has 1 aliphatic rings. The highest BCUT2D eigenvalue weighted by Crippen LogP contribution is 2.40. The number of hydrogen-bond donors (Lipinski definition) is 1. The monoisotopic (exact) mass is 328 g/mol. The maximum absolute atomic E-state index is 12.4. The number of amides is 1. The second-order valence-corrected chi connectivity index (χ2v) is 7.69. The number of carbonyl (C=O) groups is 1. The van der Waals surface area contributed by atoms with Gasteiger partial charge in [0.1, 0.15) is 12.1 Å². The van der Waals surface area contributed by atoms with Crippen molar-refractivity contribution in [3.63, 3.8) is 0 Å². The van der Waals surface area contributed by atoms with Crippen LogP contribution in [-0.2, 0) is 11.3 Å². The van der Waals surface area contributed by atoms with Crippen LogP contribution in [0.2, 0.25) is 0 Å². The summed E-state index contributed by atoms with van der Waals surface area (Å²) in [4.78, 5) is 12.4. The van der Waals surface area contributed by atoms with Crippen LogP contribution in [0.1, 0.15) is 52.9 Å². The highest BCUT2D eigenvalue weighted by atomic mass is 16.2. The number of nitrogens with zero attached hydrogens (tertiary/aromatic N) is 3. The first-order valence-corrected chi connectivity index (χ1v) is 9.07. The van der Waals surface area contributed by atoms with Gasteiger partial charge in [-0.05, 0) is 49.1 Å². The molecular weight excluding hydrogens is 300 g/mol. The van der Waals surface area contributed by atoms with Gasteiger partial charge in [0.2, 0.25) is 5.91 Å².